The smallest absolute Gasteiger partial charge is 0.196 e. The summed E-state index contributed by atoms with van der Waals surface area (Å²) < 4.78 is 0. The minimum Gasteiger partial charge on any atom is -0.370 e. The number of nitrogens with zero attached hydrogens (tertiary/aromatic N) is 2. The largest absolute Gasteiger partial charge is 0.370 e. The molecule has 1 saturated heterocycles. The average Bonchev–Trinajstić information content (AvgIpc) is 1.97. The Hall–Kier alpha value is -1.27. The Kier molecular flexibility index (Phi) is 2.32. The fourth-order valence-corrected chi connectivity index (χ4v) is 1.79. The Bertz CT molecular complexity index is 313. The molecule has 6 nitrogen and oxygen atoms in total. The molecule has 0 saturated carbocycles. The summed E-state index contributed by atoms with van der Waals surface area (Å²) in [6.07, 6.45) is 1.90. The van der Waals surface area contributed by atoms with Crippen LogP contribution >= 0.6 is 0 Å². The molecule has 6 N–H and O–H groups in total. The van der Waals surface area contributed by atoms with Gasteiger partial charge in [0.1, 0.15) is 11.5 Å². The molecule has 0 aromatic rings. The first kappa shape index (κ1) is 10.3. The van der Waals surface area contributed by atoms with Crippen molar-refractivity contribution in [2.45, 2.75) is 18.6 Å². The van der Waals surface area contributed by atoms with Crippen LogP contribution < -0.4 is 22.1 Å². The van der Waals surface area contributed by atoms with Crippen LogP contribution in [-0.2, 0) is 0 Å². The summed E-state index contributed by atoms with van der Waals surface area (Å²) in [6, 6.07) is 0.553. The van der Waals surface area contributed by atoms with Gasteiger partial charge in [0.2, 0.25) is 0 Å². The molecule has 0 aromatic heterocycles. The minimum absolute atomic E-state index is 0.380. The van der Waals surface area contributed by atoms with E-state index < -0.39 is 5.66 Å². The highest BCUT2D eigenvalue weighted by Gasteiger charge is 2.31. The Morgan fingerprint density at radius 1 is 1.67 bits per heavy atom. The van der Waals surface area contributed by atoms with E-state index in [2.05, 4.69) is 20.5 Å². The maximum absolute atomic E-state index is 5.92. The first-order valence-corrected chi connectivity index (χ1v) is 5.06. The van der Waals surface area contributed by atoms with Crippen molar-refractivity contribution < 1.29 is 0 Å². The number of hydrogen-bond donors (Lipinski definition) is 4. The summed E-state index contributed by atoms with van der Waals surface area (Å²) >= 11 is 0. The van der Waals surface area contributed by atoms with Crippen LogP contribution in [0.1, 0.15) is 6.92 Å². The second kappa shape index (κ2) is 3.39. The molecule has 0 spiro atoms. The van der Waals surface area contributed by atoms with Crippen LogP contribution in [0.5, 0.6) is 0 Å². The van der Waals surface area contributed by atoms with Crippen LogP contribution in [-0.4, -0.2) is 42.7 Å². The number of likely N-dealkylation sites (tertiary alicyclic amines) is 1. The molecule has 6 heteroatoms. The van der Waals surface area contributed by atoms with E-state index in [1.807, 2.05) is 20.0 Å². The first-order valence-electron chi connectivity index (χ1n) is 5.06. The summed E-state index contributed by atoms with van der Waals surface area (Å²) in [5, 5.41) is 6.24. The van der Waals surface area contributed by atoms with Gasteiger partial charge in [-0.3, -0.25) is 0 Å². The molecule has 2 heterocycles. The quantitative estimate of drug-likeness (QED) is 0.437. The number of nitrogens with one attached hydrogen (secondary N) is 2. The molecule has 1 unspecified atom stereocenters. The Morgan fingerprint density at radius 3 is 2.87 bits per heavy atom. The van der Waals surface area contributed by atoms with Gasteiger partial charge in [-0.2, -0.15) is 0 Å². The SMILES string of the molecule is CNC1CN(C2=CC(C)(N)N=C(N)N2)C1. The third-order valence-electron chi connectivity index (χ3n) is 2.68. The fraction of sp³-hybridized carbons (Fsp3) is 0.667. The van der Waals surface area contributed by atoms with E-state index in [1.54, 1.807) is 0 Å². The number of rotatable bonds is 2. The Morgan fingerprint density at radius 2 is 2.33 bits per heavy atom. The maximum atomic E-state index is 5.92. The molecule has 1 atom stereocenters. The van der Waals surface area contributed by atoms with Crippen LogP contribution in [0, 0.1) is 0 Å². The van der Waals surface area contributed by atoms with E-state index >= 15 is 0 Å². The molecular formula is C9H18N6. The van der Waals surface area contributed by atoms with Crippen LogP contribution in [0.15, 0.2) is 16.9 Å². The first-order chi connectivity index (χ1) is 7.00. The molecule has 15 heavy (non-hydrogen) atoms. The molecule has 0 aliphatic carbocycles. The zero-order valence-electron chi connectivity index (χ0n) is 9.12. The number of likely N-dealkylation sites (N-methyl/N-ethyl adjacent to an activating group) is 1. The van der Waals surface area contributed by atoms with Gasteiger partial charge in [-0.15, -0.1) is 0 Å². The van der Waals surface area contributed by atoms with Gasteiger partial charge in [-0.1, -0.05) is 0 Å². The predicted molar refractivity (Wildman–Crippen MR) is 59.9 cm³/mol. The van der Waals surface area contributed by atoms with Crippen molar-refractivity contribution in [1.29, 1.82) is 0 Å². The van der Waals surface area contributed by atoms with E-state index in [4.69, 9.17) is 11.5 Å². The molecular weight excluding hydrogens is 192 g/mol. The van der Waals surface area contributed by atoms with Gasteiger partial charge >= 0.3 is 0 Å². The third-order valence-corrected chi connectivity index (χ3v) is 2.68. The van der Waals surface area contributed by atoms with Crippen LogP contribution in [0.4, 0.5) is 0 Å². The van der Waals surface area contributed by atoms with E-state index in [1.165, 1.54) is 0 Å². The lowest BCUT2D eigenvalue weighted by Crippen LogP contribution is -2.60. The summed E-state index contributed by atoms with van der Waals surface area (Å²) in [6.45, 7) is 3.77. The van der Waals surface area contributed by atoms with Gasteiger partial charge in [0.15, 0.2) is 5.96 Å². The van der Waals surface area contributed by atoms with Crippen LogP contribution in [0.2, 0.25) is 0 Å². The lowest BCUT2D eigenvalue weighted by molar-refractivity contribution is 0.167. The number of aliphatic imine (C=N–C) groups is 1. The average molecular weight is 210 g/mol. The predicted octanol–water partition coefficient (Wildman–Crippen LogP) is -1.68. The highest BCUT2D eigenvalue weighted by molar-refractivity contribution is 5.81. The number of nitrogens with two attached hydrogens (primary N) is 2. The van der Waals surface area contributed by atoms with Gasteiger partial charge in [0, 0.05) is 19.1 Å². The summed E-state index contributed by atoms with van der Waals surface area (Å²) in [5.74, 6) is 1.34. The van der Waals surface area contributed by atoms with Crippen LogP contribution in [0.25, 0.3) is 0 Å². The molecule has 2 aliphatic rings. The van der Waals surface area contributed by atoms with Crippen molar-refractivity contribution in [2.24, 2.45) is 16.5 Å². The normalized spacial score (nSPS) is 31.5. The minimum atomic E-state index is -0.699. The van der Waals surface area contributed by atoms with Crippen LogP contribution in [0.3, 0.4) is 0 Å². The van der Waals surface area contributed by atoms with Gasteiger partial charge in [-0.05, 0) is 20.0 Å². The number of guanidine groups is 1. The Labute approximate surface area is 89.4 Å². The second-order valence-corrected chi connectivity index (χ2v) is 4.27. The molecule has 0 radical (unpaired) electrons. The van der Waals surface area contributed by atoms with Crippen molar-refractivity contribution in [2.75, 3.05) is 20.1 Å². The fourth-order valence-electron chi connectivity index (χ4n) is 1.79. The van der Waals surface area contributed by atoms with Crippen molar-refractivity contribution in [1.82, 2.24) is 15.5 Å². The van der Waals surface area contributed by atoms with E-state index in [9.17, 15) is 0 Å². The summed E-state index contributed by atoms with van der Waals surface area (Å²) in [7, 11) is 1.97. The highest BCUT2D eigenvalue weighted by atomic mass is 15.4. The van der Waals surface area contributed by atoms with Crippen molar-refractivity contribution in [3.05, 3.63) is 11.9 Å². The molecule has 0 aromatic carbocycles. The lowest BCUT2D eigenvalue weighted by Gasteiger charge is -2.43. The van der Waals surface area contributed by atoms with Crippen molar-refractivity contribution in [3.63, 3.8) is 0 Å². The third kappa shape index (κ3) is 2.05. The van der Waals surface area contributed by atoms with Gasteiger partial charge in [0.25, 0.3) is 0 Å². The van der Waals surface area contributed by atoms with E-state index in [-0.39, 0.29) is 0 Å². The van der Waals surface area contributed by atoms with E-state index in [0.717, 1.165) is 18.9 Å². The lowest BCUT2D eigenvalue weighted by atomic mass is 10.1. The van der Waals surface area contributed by atoms with Gasteiger partial charge < -0.3 is 27.0 Å². The zero-order valence-corrected chi connectivity index (χ0v) is 9.12. The van der Waals surface area contributed by atoms with Gasteiger partial charge in [0.05, 0.1) is 0 Å². The topological polar surface area (TPSA) is 91.7 Å². The Balaban J connectivity index is 2.03. The van der Waals surface area contributed by atoms with E-state index in [0.29, 0.717) is 12.0 Å². The molecule has 1 fully saturated rings. The summed E-state index contributed by atoms with van der Waals surface area (Å²) in [4.78, 5) is 6.28. The maximum Gasteiger partial charge on any atom is 0.196 e. The molecule has 84 valence electrons. The second-order valence-electron chi connectivity index (χ2n) is 4.27. The molecule has 2 aliphatic heterocycles. The standard InChI is InChI=1S/C9H18N6/c1-9(11)3-7(13-8(10)14-9)15-4-6(5-15)12-2/h3,6,12H,4-5,11H2,1-2H3,(H3,10,13,14). The van der Waals surface area contributed by atoms with Crippen molar-refractivity contribution in [3.8, 4) is 0 Å². The summed E-state index contributed by atoms with van der Waals surface area (Å²) in [5.41, 5.74) is 10.9. The van der Waals surface area contributed by atoms with Crippen molar-refractivity contribution >= 4 is 5.96 Å². The molecule has 0 bridgehead atoms. The molecule has 0 amide bonds. The monoisotopic (exact) mass is 210 g/mol. The number of hydrogen-bond acceptors (Lipinski definition) is 6. The molecule has 2 rings (SSSR count). The van der Waals surface area contributed by atoms with Gasteiger partial charge in [-0.25, -0.2) is 4.99 Å². The zero-order chi connectivity index (χ0) is 11.1. The highest BCUT2D eigenvalue weighted by Crippen LogP contribution is 2.18.